The first kappa shape index (κ1) is 17.5. The number of ether oxygens (including phenoxy) is 2. The number of fused-ring (bicyclic) bond motifs is 1. The maximum atomic E-state index is 14.2. The number of rotatable bonds is 3. The number of urea groups is 1. The van der Waals surface area contributed by atoms with Gasteiger partial charge in [0.05, 0.1) is 11.6 Å². The SMILES string of the molecule is CC1(c2ccc(F)cc2F)NC(=O)N(Cc2cc(Cl)c3c(c2)OCO3)C1=O. The molecular weight excluding hydrogens is 382 g/mol. The molecule has 0 aliphatic carbocycles. The van der Waals surface area contributed by atoms with Gasteiger partial charge < -0.3 is 14.8 Å². The second kappa shape index (κ2) is 6.09. The quantitative estimate of drug-likeness (QED) is 0.811. The largest absolute Gasteiger partial charge is 0.454 e. The molecule has 140 valence electrons. The molecule has 0 bridgehead atoms. The molecule has 2 heterocycles. The van der Waals surface area contributed by atoms with E-state index in [2.05, 4.69) is 5.32 Å². The summed E-state index contributed by atoms with van der Waals surface area (Å²) in [5, 5.41) is 2.77. The maximum absolute atomic E-state index is 14.2. The minimum absolute atomic E-state index is 0.0313. The molecule has 9 heteroatoms. The number of carbonyl (C=O) groups is 2. The highest BCUT2D eigenvalue weighted by molar-refractivity contribution is 6.32. The van der Waals surface area contributed by atoms with Gasteiger partial charge in [0.1, 0.15) is 17.2 Å². The van der Waals surface area contributed by atoms with Crippen LogP contribution in [0, 0.1) is 11.6 Å². The molecule has 0 radical (unpaired) electrons. The molecule has 3 amide bonds. The van der Waals surface area contributed by atoms with E-state index in [9.17, 15) is 18.4 Å². The number of halogens is 3. The molecule has 2 aliphatic rings. The van der Waals surface area contributed by atoms with Gasteiger partial charge in [-0.1, -0.05) is 17.7 Å². The molecule has 1 saturated heterocycles. The number of imide groups is 1. The Labute approximate surface area is 157 Å². The molecule has 4 rings (SSSR count). The Morgan fingerprint density at radius 2 is 2.00 bits per heavy atom. The summed E-state index contributed by atoms with van der Waals surface area (Å²) in [4.78, 5) is 26.2. The van der Waals surface area contributed by atoms with Gasteiger partial charge in [0, 0.05) is 11.6 Å². The van der Waals surface area contributed by atoms with Crippen molar-refractivity contribution >= 4 is 23.5 Å². The zero-order chi connectivity index (χ0) is 19.3. The van der Waals surface area contributed by atoms with Crippen LogP contribution in [0.1, 0.15) is 18.1 Å². The summed E-state index contributed by atoms with van der Waals surface area (Å²) in [7, 11) is 0. The van der Waals surface area contributed by atoms with Gasteiger partial charge in [0.15, 0.2) is 11.5 Å². The van der Waals surface area contributed by atoms with Crippen LogP contribution in [0.4, 0.5) is 13.6 Å². The van der Waals surface area contributed by atoms with E-state index in [4.69, 9.17) is 21.1 Å². The van der Waals surface area contributed by atoms with Crippen LogP contribution in [-0.4, -0.2) is 23.6 Å². The number of nitrogens with one attached hydrogen (secondary N) is 1. The Kier molecular flexibility index (Phi) is 3.96. The van der Waals surface area contributed by atoms with Crippen molar-refractivity contribution in [3.8, 4) is 11.5 Å². The Bertz CT molecular complexity index is 984. The third kappa shape index (κ3) is 2.76. The second-order valence-electron chi connectivity index (χ2n) is 6.38. The van der Waals surface area contributed by atoms with E-state index in [0.29, 0.717) is 28.2 Å². The van der Waals surface area contributed by atoms with E-state index >= 15 is 0 Å². The molecule has 27 heavy (non-hydrogen) atoms. The molecule has 1 N–H and O–H groups in total. The third-order valence-electron chi connectivity index (χ3n) is 4.57. The minimum atomic E-state index is -1.64. The van der Waals surface area contributed by atoms with Crippen molar-refractivity contribution in [1.82, 2.24) is 10.2 Å². The molecule has 1 fully saturated rings. The van der Waals surface area contributed by atoms with Crippen LogP contribution in [0.15, 0.2) is 30.3 Å². The Morgan fingerprint density at radius 1 is 1.22 bits per heavy atom. The topological polar surface area (TPSA) is 67.9 Å². The number of benzene rings is 2. The standard InChI is InChI=1S/C18H13ClF2N2O4/c1-18(11-3-2-10(20)6-13(11)21)16(24)23(17(25)22-18)7-9-4-12(19)15-14(5-9)26-8-27-15/h2-6H,7-8H2,1H3,(H,22,25). The van der Waals surface area contributed by atoms with Crippen LogP contribution in [0.2, 0.25) is 5.02 Å². The average Bonchev–Trinajstić information content (AvgIpc) is 3.14. The van der Waals surface area contributed by atoms with E-state index in [1.54, 1.807) is 12.1 Å². The molecule has 1 unspecified atom stereocenters. The number of hydrogen-bond acceptors (Lipinski definition) is 4. The van der Waals surface area contributed by atoms with E-state index in [1.165, 1.54) is 6.92 Å². The number of carbonyl (C=O) groups excluding carboxylic acids is 2. The van der Waals surface area contributed by atoms with Crippen LogP contribution in [0.25, 0.3) is 0 Å². The van der Waals surface area contributed by atoms with Crippen molar-refractivity contribution in [3.05, 3.63) is 58.1 Å². The van der Waals surface area contributed by atoms with Crippen LogP contribution in [-0.2, 0) is 16.9 Å². The fourth-order valence-electron chi connectivity index (χ4n) is 3.21. The highest BCUT2D eigenvalue weighted by Gasteiger charge is 2.50. The van der Waals surface area contributed by atoms with Gasteiger partial charge in [0.2, 0.25) is 6.79 Å². The third-order valence-corrected chi connectivity index (χ3v) is 4.85. The lowest BCUT2D eigenvalue weighted by atomic mass is 9.91. The van der Waals surface area contributed by atoms with Crippen molar-refractivity contribution in [3.63, 3.8) is 0 Å². The van der Waals surface area contributed by atoms with Crippen LogP contribution >= 0.6 is 11.6 Å². The summed E-state index contributed by atoms with van der Waals surface area (Å²) in [5.74, 6) is -1.54. The first-order valence-electron chi connectivity index (χ1n) is 7.97. The van der Waals surface area contributed by atoms with Crippen molar-refractivity contribution < 1.29 is 27.8 Å². The zero-order valence-corrected chi connectivity index (χ0v) is 14.8. The lowest BCUT2D eigenvalue weighted by Crippen LogP contribution is -2.41. The molecule has 2 aliphatic heterocycles. The Hall–Kier alpha value is -2.87. The predicted molar refractivity (Wildman–Crippen MR) is 90.4 cm³/mol. The molecule has 2 aromatic carbocycles. The van der Waals surface area contributed by atoms with E-state index in [-0.39, 0.29) is 18.9 Å². The molecule has 0 saturated carbocycles. The number of hydrogen-bond donors (Lipinski definition) is 1. The fourth-order valence-corrected chi connectivity index (χ4v) is 3.50. The molecule has 0 spiro atoms. The first-order chi connectivity index (χ1) is 12.8. The Morgan fingerprint density at radius 3 is 2.74 bits per heavy atom. The zero-order valence-electron chi connectivity index (χ0n) is 14.0. The minimum Gasteiger partial charge on any atom is -0.454 e. The predicted octanol–water partition coefficient (Wildman–Crippen LogP) is 3.31. The molecule has 0 aromatic heterocycles. The lowest BCUT2D eigenvalue weighted by Gasteiger charge is -2.23. The van der Waals surface area contributed by atoms with E-state index in [0.717, 1.165) is 17.0 Å². The summed E-state index contributed by atoms with van der Waals surface area (Å²) in [5.41, 5.74) is -1.22. The monoisotopic (exact) mass is 394 g/mol. The summed E-state index contributed by atoms with van der Waals surface area (Å²) in [6, 6.07) is 5.32. The highest BCUT2D eigenvalue weighted by Crippen LogP contribution is 2.40. The first-order valence-corrected chi connectivity index (χ1v) is 8.35. The van der Waals surface area contributed by atoms with Crippen LogP contribution < -0.4 is 14.8 Å². The van der Waals surface area contributed by atoms with Gasteiger partial charge in [0.25, 0.3) is 5.91 Å². The Balaban J connectivity index is 1.65. The summed E-state index contributed by atoms with van der Waals surface area (Å²) >= 11 is 6.13. The molecule has 1 atom stereocenters. The average molecular weight is 395 g/mol. The summed E-state index contributed by atoms with van der Waals surface area (Å²) in [6.07, 6.45) is 0. The van der Waals surface area contributed by atoms with Crippen molar-refractivity contribution in [1.29, 1.82) is 0 Å². The van der Waals surface area contributed by atoms with Gasteiger partial charge in [-0.3, -0.25) is 9.69 Å². The van der Waals surface area contributed by atoms with E-state index < -0.39 is 29.1 Å². The van der Waals surface area contributed by atoms with Crippen LogP contribution in [0.5, 0.6) is 11.5 Å². The maximum Gasteiger partial charge on any atom is 0.325 e. The summed E-state index contributed by atoms with van der Waals surface area (Å²) < 4.78 is 37.9. The number of nitrogens with zero attached hydrogens (tertiary/aromatic N) is 1. The van der Waals surface area contributed by atoms with Crippen LogP contribution in [0.3, 0.4) is 0 Å². The van der Waals surface area contributed by atoms with Crippen molar-refractivity contribution in [2.75, 3.05) is 6.79 Å². The smallest absolute Gasteiger partial charge is 0.325 e. The van der Waals surface area contributed by atoms with Crippen molar-refractivity contribution in [2.45, 2.75) is 19.0 Å². The summed E-state index contributed by atoms with van der Waals surface area (Å²) in [6.45, 7) is 1.30. The van der Waals surface area contributed by atoms with Crippen molar-refractivity contribution in [2.24, 2.45) is 0 Å². The lowest BCUT2D eigenvalue weighted by molar-refractivity contribution is -0.131. The molecular formula is C18H13ClF2N2O4. The van der Waals surface area contributed by atoms with Gasteiger partial charge >= 0.3 is 6.03 Å². The van der Waals surface area contributed by atoms with E-state index in [1.807, 2.05) is 0 Å². The van der Waals surface area contributed by atoms with Gasteiger partial charge in [-0.25, -0.2) is 13.6 Å². The normalized spacial score (nSPS) is 21.0. The van der Waals surface area contributed by atoms with Gasteiger partial charge in [-0.2, -0.15) is 0 Å². The van der Waals surface area contributed by atoms with Gasteiger partial charge in [-0.15, -0.1) is 0 Å². The highest BCUT2D eigenvalue weighted by atomic mass is 35.5. The molecule has 6 nitrogen and oxygen atoms in total. The van der Waals surface area contributed by atoms with Gasteiger partial charge in [-0.05, 0) is 30.7 Å². The molecule has 2 aromatic rings. The number of amides is 3. The fraction of sp³-hybridized carbons (Fsp3) is 0.222. The second-order valence-corrected chi connectivity index (χ2v) is 6.79.